The Morgan fingerprint density at radius 1 is 1.22 bits per heavy atom. The van der Waals surface area contributed by atoms with Crippen LogP contribution in [-0.4, -0.2) is 32.0 Å². The van der Waals surface area contributed by atoms with Crippen LogP contribution in [0.3, 0.4) is 0 Å². The van der Waals surface area contributed by atoms with Gasteiger partial charge in [-0.25, -0.2) is 9.48 Å². The number of hydrogen-bond donors (Lipinski definition) is 2. The van der Waals surface area contributed by atoms with E-state index in [4.69, 9.17) is 0 Å². The minimum atomic E-state index is -1.12. The highest BCUT2D eigenvalue weighted by Crippen LogP contribution is 2.25. The van der Waals surface area contributed by atoms with Crippen LogP contribution in [0.5, 0.6) is 0 Å². The van der Waals surface area contributed by atoms with Gasteiger partial charge in [0.1, 0.15) is 6.54 Å². The third kappa shape index (κ3) is 3.94. The third-order valence-electron chi connectivity index (χ3n) is 3.70. The highest BCUT2D eigenvalue weighted by molar-refractivity contribution is 5.91. The largest absolute Gasteiger partial charge is 0.476 e. The summed E-state index contributed by atoms with van der Waals surface area (Å²) in [5.74, 6) is -1.40. The lowest BCUT2D eigenvalue weighted by atomic mass is 9.97. The number of aromatic carboxylic acids is 1. The molecule has 0 saturated heterocycles. The molecule has 0 radical (unpaired) electrons. The molecule has 0 bridgehead atoms. The van der Waals surface area contributed by atoms with Crippen LogP contribution in [0.4, 0.5) is 5.69 Å². The van der Waals surface area contributed by atoms with Crippen LogP contribution in [0.2, 0.25) is 0 Å². The summed E-state index contributed by atoms with van der Waals surface area (Å²) in [7, 11) is 0. The SMILES string of the molecule is CCC(CC)c1c(C(=O)O)nnn1CC(=O)Nc1ccccc1. The fourth-order valence-electron chi connectivity index (χ4n) is 2.53. The average molecular weight is 316 g/mol. The first kappa shape index (κ1) is 16.7. The normalized spacial score (nSPS) is 10.7. The van der Waals surface area contributed by atoms with E-state index in [0.717, 1.165) is 12.8 Å². The van der Waals surface area contributed by atoms with Crippen molar-refractivity contribution in [3.05, 3.63) is 41.7 Å². The summed E-state index contributed by atoms with van der Waals surface area (Å²) in [6.07, 6.45) is 1.51. The molecule has 1 amide bonds. The number of anilines is 1. The molecule has 0 unspecified atom stereocenters. The van der Waals surface area contributed by atoms with Crippen LogP contribution in [0.15, 0.2) is 30.3 Å². The first-order valence-electron chi connectivity index (χ1n) is 7.58. The van der Waals surface area contributed by atoms with Gasteiger partial charge >= 0.3 is 5.97 Å². The number of hydrogen-bond acceptors (Lipinski definition) is 4. The molecule has 0 aliphatic heterocycles. The van der Waals surface area contributed by atoms with E-state index in [0.29, 0.717) is 11.4 Å². The number of para-hydroxylation sites is 1. The Balaban J connectivity index is 2.22. The molecule has 0 saturated carbocycles. The lowest BCUT2D eigenvalue weighted by Gasteiger charge is -2.15. The van der Waals surface area contributed by atoms with Crippen molar-refractivity contribution >= 4 is 17.6 Å². The van der Waals surface area contributed by atoms with Crippen LogP contribution in [0.1, 0.15) is 48.8 Å². The predicted octanol–water partition coefficient (Wildman–Crippen LogP) is 2.52. The molecule has 7 nitrogen and oxygen atoms in total. The number of carboxylic acids is 1. The Morgan fingerprint density at radius 3 is 2.43 bits per heavy atom. The molecule has 0 spiro atoms. The van der Waals surface area contributed by atoms with E-state index in [1.165, 1.54) is 4.68 Å². The van der Waals surface area contributed by atoms with E-state index in [1.54, 1.807) is 12.1 Å². The van der Waals surface area contributed by atoms with Crippen LogP contribution in [-0.2, 0) is 11.3 Å². The van der Waals surface area contributed by atoms with Crippen molar-refractivity contribution in [2.45, 2.75) is 39.2 Å². The highest BCUT2D eigenvalue weighted by atomic mass is 16.4. The Labute approximate surface area is 134 Å². The van der Waals surface area contributed by atoms with Crippen LogP contribution >= 0.6 is 0 Å². The zero-order chi connectivity index (χ0) is 16.8. The van der Waals surface area contributed by atoms with E-state index in [1.807, 2.05) is 32.0 Å². The van der Waals surface area contributed by atoms with Crippen molar-refractivity contribution in [1.29, 1.82) is 0 Å². The van der Waals surface area contributed by atoms with Crippen molar-refractivity contribution in [3.8, 4) is 0 Å². The van der Waals surface area contributed by atoms with Crippen LogP contribution in [0, 0.1) is 0 Å². The molecule has 0 fully saturated rings. The topological polar surface area (TPSA) is 97.1 Å². The molecule has 1 heterocycles. The lowest BCUT2D eigenvalue weighted by Crippen LogP contribution is -2.22. The number of aromatic nitrogens is 3. The molecular formula is C16H20N4O3. The number of carboxylic acid groups (broad SMARTS) is 1. The van der Waals surface area contributed by atoms with Crippen LogP contribution < -0.4 is 5.32 Å². The van der Waals surface area contributed by atoms with Crippen molar-refractivity contribution in [2.24, 2.45) is 0 Å². The number of nitrogens with zero attached hydrogens (tertiary/aromatic N) is 3. The summed E-state index contributed by atoms with van der Waals surface area (Å²) in [5.41, 5.74) is 1.11. The quantitative estimate of drug-likeness (QED) is 0.818. The number of carbonyl (C=O) groups is 2. The van der Waals surface area contributed by atoms with Gasteiger partial charge in [-0.05, 0) is 25.0 Å². The Bertz CT molecular complexity index is 678. The second-order valence-corrected chi connectivity index (χ2v) is 5.21. The van der Waals surface area contributed by atoms with Crippen molar-refractivity contribution in [1.82, 2.24) is 15.0 Å². The molecule has 1 aromatic carbocycles. The molecular weight excluding hydrogens is 296 g/mol. The Kier molecular flexibility index (Phi) is 5.46. The van der Waals surface area contributed by atoms with Gasteiger partial charge in [0.15, 0.2) is 5.69 Å². The molecule has 0 aliphatic rings. The summed E-state index contributed by atoms with van der Waals surface area (Å²) >= 11 is 0. The minimum absolute atomic E-state index is 0.000579. The van der Waals surface area contributed by atoms with Gasteiger partial charge in [-0.3, -0.25) is 4.79 Å². The molecule has 2 N–H and O–H groups in total. The minimum Gasteiger partial charge on any atom is -0.476 e. The summed E-state index contributed by atoms with van der Waals surface area (Å²) in [5, 5.41) is 19.6. The van der Waals surface area contributed by atoms with E-state index >= 15 is 0 Å². The average Bonchev–Trinajstić information content (AvgIpc) is 2.93. The maximum absolute atomic E-state index is 12.2. The number of rotatable bonds is 7. The number of carbonyl (C=O) groups excluding carboxylic acids is 1. The molecule has 122 valence electrons. The molecule has 2 rings (SSSR count). The van der Waals surface area contributed by atoms with E-state index in [-0.39, 0.29) is 24.1 Å². The third-order valence-corrected chi connectivity index (χ3v) is 3.70. The van der Waals surface area contributed by atoms with Gasteiger partial charge in [0.25, 0.3) is 0 Å². The second-order valence-electron chi connectivity index (χ2n) is 5.21. The lowest BCUT2D eigenvalue weighted by molar-refractivity contribution is -0.117. The number of amides is 1. The van der Waals surface area contributed by atoms with Gasteiger partial charge in [-0.1, -0.05) is 37.3 Å². The maximum Gasteiger partial charge on any atom is 0.358 e. The predicted molar refractivity (Wildman–Crippen MR) is 85.4 cm³/mol. The molecule has 7 heteroatoms. The van der Waals surface area contributed by atoms with Gasteiger partial charge in [-0.2, -0.15) is 0 Å². The van der Waals surface area contributed by atoms with E-state index in [2.05, 4.69) is 15.6 Å². The monoisotopic (exact) mass is 316 g/mol. The Morgan fingerprint density at radius 2 is 1.87 bits per heavy atom. The standard InChI is InChI=1S/C16H20N4O3/c1-3-11(4-2)15-14(16(22)23)18-19-20(15)10-13(21)17-12-8-6-5-7-9-12/h5-9,11H,3-4,10H2,1-2H3,(H,17,21)(H,22,23). The van der Waals surface area contributed by atoms with Gasteiger partial charge in [-0.15, -0.1) is 5.10 Å². The Hall–Kier alpha value is -2.70. The van der Waals surface area contributed by atoms with Crippen molar-refractivity contribution < 1.29 is 14.7 Å². The fraction of sp³-hybridized carbons (Fsp3) is 0.375. The second kappa shape index (κ2) is 7.53. The molecule has 2 aromatic rings. The summed E-state index contributed by atoms with van der Waals surface area (Å²) < 4.78 is 1.39. The zero-order valence-electron chi connectivity index (χ0n) is 13.2. The van der Waals surface area contributed by atoms with Gasteiger partial charge in [0.05, 0.1) is 5.69 Å². The summed E-state index contributed by atoms with van der Waals surface area (Å²) in [4.78, 5) is 23.5. The van der Waals surface area contributed by atoms with E-state index < -0.39 is 5.97 Å². The van der Waals surface area contributed by atoms with Crippen molar-refractivity contribution in [2.75, 3.05) is 5.32 Å². The summed E-state index contributed by atoms with van der Waals surface area (Å²) in [6, 6.07) is 9.07. The van der Waals surface area contributed by atoms with Gasteiger partial charge in [0, 0.05) is 11.6 Å². The van der Waals surface area contributed by atoms with Crippen molar-refractivity contribution in [3.63, 3.8) is 0 Å². The molecule has 0 aliphatic carbocycles. The van der Waals surface area contributed by atoms with Crippen LogP contribution in [0.25, 0.3) is 0 Å². The molecule has 0 atom stereocenters. The zero-order valence-corrected chi connectivity index (χ0v) is 13.2. The number of benzene rings is 1. The maximum atomic E-state index is 12.2. The fourth-order valence-corrected chi connectivity index (χ4v) is 2.53. The number of nitrogens with one attached hydrogen (secondary N) is 1. The molecule has 23 heavy (non-hydrogen) atoms. The molecule has 1 aromatic heterocycles. The smallest absolute Gasteiger partial charge is 0.358 e. The van der Waals surface area contributed by atoms with Gasteiger partial charge in [0.2, 0.25) is 5.91 Å². The first-order chi connectivity index (χ1) is 11.1. The van der Waals surface area contributed by atoms with Gasteiger partial charge < -0.3 is 10.4 Å². The summed E-state index contributed by atoms with van der Waals surface area (Å²) in [6.45, 7) is 3.88. The van der Waals surface area contributed by atoms with E-state index in [9.17, 15) is 14.7 Å². The first-order valence-corrected chi connectivity index (χ1v) is 7.58. The highest BCUT2D eigenvalue weighted by Gasteiger charge is 2.25.